The van der Waals surface area contributed by atoms with Crippen molar-refractivity contribution in [1.29, 1.82) is 0 Å². The van der Waals surface area contributed by atoms with Gasteiger partial charge in [0.25, 0.3) is 0 Å². The van der Waals surface area contributed by atoms with Crippen molar-refractivity contribution in [2.45, 2.75) is 20.3 Å². The van der Waals surface area contributed by atoms with Crippen LogP contribution < -0.4 is 10.6 Å². The molecular formula is C17H18Cl2N2O. The second-order valence-electron chi connectivity index (χ2n) is 5.14. The van der Waals surface area contributed by atoms with Crippen molar-refractivity contribution in [1.82, 2.24) is 0 Å². The molecule has 2 rings (SSSR count). The molecule has 2 aromatic carbocycles. The Balaban J connectivity index is 1.89. The van der Waals surface area contributed by atoms with E-state index >= 15 is 0 Å². The average molecular weight is 337 g/mol. The van der Waals surface area contributed by atoms with Crippen LogP contribution in [0, 0.1) is 13.8 Å². The van der Waals surface area contributed by atoms with Gasteiger partial charge in [-0.3, -0.25) is 4.79 Å². The molecule has 3 nitrogen and oxygen atoms in total. The van der Waals surface area contributed by atoms with Crippen molar-refractivity contribution in [3.63, 3.8) is 0 Å². The summed E-state index contributed by atoms with van der Waals surface area (Å²) >= 11 is 12.1. The van der Waals surface area contributed by atoms with E-state index in [2.05, 4.69) is 28.8 Å². The minimum Gasteiger partial charge on any atom is -0.384 e. The molecule has 0 unspecified atom stereocenters. The Morgan fingerprint density at radius 2 is 1.77 bits per heavy atom. The van der Waals surface area contributed by atoms with E-state index in [0.717, 1.165) is 11.3 Å². The molecule has 116 valence electrons. The van der Waals surface area contributed by atoms with Gasteiger partial charge in [-0.1, -0.05) is 41.4 Å². The summed E-state index contributed by atoms with van der Waals surface area (Å²) in [6, 6.07) is 11.3. The Bertz CT molecular complexity index is 666. The Kier molecular flexibility index (Phi) is 5.69. The summed E-state index contributed by atoms with van der Waals surface area (Å²) in [6.07, 6.45) is 0.328. The molecule has 22 heavy (non-hydrogen) atoms. The summed E-state index contributed by atoms with van der Waals surface area (Å²) in [5.74, 6) is -0.132. The second-order valence-corrected chi connectivity index (χ2v) is 5.95. The number of carbonyl (C=O) groups excluding carboxylic acids is 1. The van der Waals surface area contributed by atoms with E-state index < -0.39 is 0 Å². The van der Waals surface area contributed by atoms with Crippen LogP contribution in [-0.4, -0.2) is 12.5 Å². The summed E-state index contributed by atoms with van der Waals surface area (Å²) < 4.78 is 0. The number of amides is 1. The number of nitrogens with one attached hydrogen (secondary N) is 2. The average Bonchev–Trinajstić information content (AvgIpc) is 2.47. The van der Waals surface area contributed by atoms with Gasteiger partial charge in [0.1, 0.15) is 0 Å². The molecule has 0 fully saturated rings. The Morgan fingerprint density at radius 1 is 1.09 bits per heavy atom. The van der Waals surface area contributed by atoms with E-state index in [1.54, 1.807) is 18.2 Å². The van der Waals surface area contributed by atoms with Crippen LogP contribution in [0.3, 0.4) is 0 Å². The van der Waals surface area contributed by atoms with Crippen LogP contribution >= 0.6 is 23.2 Å². The number of aryl methyl sites for hydroxylation is 2. The molecule has 0 aliphatic heterocycles. The van der Waals surface area contributed by atoms with E-state index in [9.17, 15) is 4.79 Å². The third kappa shape index (κ3) is 4.39. The monoisotopic (exact) mass is 336 g/mol. The van der Waals surface area contributed by atoms with Gasteiger partial charge < -0.3 is 10.6 Å². The molecule has 0 aliphatic carbocycles. The van der Waals surface area contributed by atoms with E-state index in [4.69, 9.17) is 23.2 Å². The van der Waals surface area contributed by atoms with Gasteiger partial charge in [-0.15, -0.1) is 0 Å². The maximum atomic E-state index is 12.0. The number of anilines is 2. The number of rotatable bonds is 5. The zero-order chi connectivity index (χ0) is 16.1. The summed E-state index contributed by atoms with van der Waals surface area (Å²) in [6.45, 7) is 4.61. The Morgan fingerprint density at radius 3 is 2.45 bits per heavy atom. The summed E-state index contributed by atoms with van der Waals surface area (Å²) in [5, 5.41) is 6.89. The van der Waals surface area contributed by atoms with Gasteiger partial charge in [-0.2, -0.15) is 0 Å². The van der Waals surface area contributed by atoms with Crippen molar-refractivity contribution in [2.75, 3.05) is 17.2 Å². The highest BCUT2D eigenvalue weighted by molar-refractivity contribution is 6.39. The van der Waals surface area contributed by atoms with Gasteiger partial charge >= 0.3 is 0 Å². The van der Waals surface area contributed by atoms with Crippen molar-refractivity contribution < 1.29 is 4.79 Å². The molecule has 5 heteroatoms. The minimum absolute atomic E-state index is 0.132. The number of carbonyl (C=O) groups is 1. The highest BCUT2D eigenvalue weighted by Crippen LogP contribution is 2.29. The standard InChI is InChI=1S/C17H18Cl2N2O/c1-11-6-7-12(2)15(10-11)20-9-8-16(22)21-17-13(18)4-3-5-14(17)19/h3-7,10,20H,8-9H2,1-2H3,(H,21,22). The van der Waals surface area contributed by atoms with Crippen LogP contribution in [0.2, 0.25) is 10.0 Å². The Hall–Kier alpha value is -1.71. The molecule has 0 atom stereocenters. The number of hydrogen-bond donors (Lipinski definition) is 2. The first-order chi connectivity index (χ1) is 10.5. The van der Waals surface area contributed by atoms with Gasteiger partial charge in [0, 0.05) is 18.7 Å². The highest BCUT2D eigenvalue weighted by atomic mass is 35.5. The van der Waals surface area contributed by atoms with Crippen molar-refractivity contribution in [3.05, 3.63) is 57.6 Å². The normalized spacial score (nSPS) is 10.4. The predicted octanol–water partition coefficient (Wildman–Crippen LogP) is 5.05. The molecule has 0 radical (unpaired) electrons. The van der Waals surface area contributed by atoms with Crippen molar-refractivity contribution in [2.24, 2.45) is 0 Å². The maximum absolute atomic E-state index is 12.0. The topological polar surface area (TPSA) is 41.1 Å². The first-order valence-electron chi connectivity index (χ1n) is 7.02. The predicted molar refractivity (Wildman–Crippen MR) is 94.1 cm³/mol. The highest BCUT2D eigenvalue weighted by Gasteiger charge is 2.09. The first-order valence-corrected chi connectivity index (χ1v) is 7.78. The lowest BCUT2D eigenvalue weighted by Crippen LogP contribution is -2.17. The minimum atomic E-state index is -0.132. The molecule has 0 saturated carbocycles. The molecular weight excluding hydrogens is 319 g/mol. The third-order valence-corrected chi connectivity index (χ3v) is 3.92. The van der Waals surface area contributed by atoms with Crippen LogP contribution in [0.1, 0.15) is 17.5 Å². The molecule has 0 spiro atoms. The molecule has 2 N–H and O–H groups in total. The molecule has 0 heterocycles. The molecule has 2 aromatic rings. The zero-order valence-electron chi connectivity index (χ0n) is 12.5. The number of benzene rings is 2. The van der Waals surface area contributed by atoms with Crippen LogP contribution in [0.5, 0.6) is 0 Å². The maximum Gasteiger partial charge on any atom is 0.226 e. The number of halogens is 2. The van der Waals surface area contributed by atoms with E-state index in [-0.39, 0.29) is 5.91 Å². The molecule has 0 saturated heterocycles. The SMILES string of the molecule is Cc1ccc(C)c(NCCC(=O)Nc2c(Cl)cccc2Cl)c1. The summed E-state index contributed by atoms with van der Waals surface area (Å²) in [4.78, 5) is 12.0. The van der Waals surface area contributed by atoms with Gasteiger partial charge in [-0.05, 0) is 43.2 Å². The van der Waals surface area contributed by atoms with Gasteiger partial charge in [-0.25, -0.2) is 0 Å². The molecule has 0 aromatic heterocycles. The lowest BCUT2D eigenvalue weighted by molar-refractivity contribution is -0.115. The first kappa shape index (κ1) is 16.7. The van der Waals surface area contributed by atoms with Gasteiger partial charge in [0.15, 0.2) is 0 Å². The largest absolute Gasteiger partial charge is 0.384 e. The van der Waals surface area contributed by atoms with E-state index in [0.29, 0.717) is 28.7 Å². The lowest BCUT2D eigenvalue weighted by Gasteiger charge is -2.12. The summed E-state index contributed by atoms with van der Waals surface area (Å²) in [5.41, 5.74) is 3.84. The zero-order valence-corrected chi connectivity index (χ0v) is 14.1. The third-order valence-electron chi connectivity index (χ3n) is 3.29. The van der Waals surface area contributed by atoms with Crippen LogP contribution in [-0.2, 0) is 4.79 Å². The smallest absolute Gasteiger partial charge is 0.226 e. The fourth-order valence-electron chi connectivity index (χ4n) is 2.06. The molecule has 1 amide bonds. The quantitative estimate of drug-likeness (QED) is 0.801. The molecule has 0 bridgehead atoms. The fraction of sp³-hybridized carbons (Fsp3) is 0.235. The number of para-hydroxylation sites is 1. The lowest BCUT2D eigenvalue weighted by atomic mass is 10.1. The second kappa shape index (κ2) is 7.52. The number of hydrogen-bond acceptors (Lipinski definition) is 2. The van der Waals surface area contributed by atoms with Crippen LogP contribution in [0.15, 0.2) is 36.4 Å². The van der Waals surface area contributed by atoms with Crippen molar-refractivity contribution >= 4 is 40.5 Å². The van der Waals surface area contributed by atoms with E-state index in [1.807, 2.05) is 13.8 Å². The van der Waals surface area contributed by atoms with Gasteiger partial charge in [0.05, 0.1) is 15.7 Å². The Labute approximate surface area is 140 Å². The fourth-order valence-corrected chi connectivity index (χ4v) is 2.55. The molecule has 0 aliphatic rings. The van der Waals surface area contributed by atoms with Gasteiger partial charge in [0.2, 0.25) is 5.91 Å². The van der Waals surface area contributed by atoms with Crippen molar-refractivity contribution in [3.8, 4) is 0 Å². The van der Waals surface area contributed by atoms with Crippen LogP contribution in [0.4, 0.5) is 11.4 Å². The van der Waals surface area contributed by atoms with E-state index in [1.165, 1.54) is 5.56 Å². The summed E-state index contributed by atoms with van der Waals surface area (Å²) in [7, 11) is 0. The van der Waals surface area contributed by atoms with Crippen LogP contribution in [0.25, 0.3) is 0 Å².